The highest BCUT2D eigenvalue weighted by molar-refractivity contribution is 6.12. The molecule has 15 nitrogen and oxygen atoms in total. The van der Waals surface area contributed by atoms with Gasteiger partial charge >= 0.3 is 12.0 Å². The number of nitrogens with two attached hydrogens (primary N) is 1. The number of carbonyl (C=O) groups excluding carboxylic acids is 7. The molecule has 0 spiro atoms. The van der Waals surface area contributed by atoms with Crippen LogP contribution in [-0.4, -0.2) is 84.8 Å². The molecule has 0 aromatic heterocycles. The quantitative estimate of drug-likeness (QED) is 0.0823. The van der Waals surface area contributed by atoms with Crippen molar-refractivity contribution in [1.82, 2.24) is 20.9 Å². The number of nitrogens with zero attached hydrogens (tertiary/aromatic N) is 1. The van der Waals surface area contributed by atoms with Crippen LogP contribution >= 0.6 is 0 Å². The van der Waals surface area contributed by atoms with Gasteiger partial charge in [-0.3, -0.25) is 28.9 Å². The lowest BCUT2D eigenvalue weighted by molar-refractivity contribution is -0.138. The van der Waals surface area contributed by atoms with Gasteiger partial charge in [0.25, 0.3) is 11.8 Å². The summed E-state index contributed by atoms with van der Waals surface area (Å²) in [6.45, 7) is 3.77. The summed E-state index contributed by atoms with van der Waals surface area (Å²) in [5.74, 6) is -3.23. The smallest absolute Gasteiger partial charge is 0.338 e. The van der Waals surface area contributed by atoms with Crippen molar-refractivity contribution in [3.05, 3.63) is 77.9 Å². The number of esters is 1. The van der Waals surface area contributed by atoms with Crippen molar-refractivity contribution in [2.45, 2.75) is 51.8 Å². The fourth-order valence-corrected chi connectivity index (χ4v) is 4.62. The Balaban J connectivity index is 1.53. The summed E-state index contributed by atoms with van der Waals surface area (Å²) < 4.78 is 10.7. The average molecular weight is 679 g/mol. The number of nitrogens with one attached hydrogen (secondary N) is 4. The molecule has 6 N–H and O–H groups in total. The van der Waals surface area contributed by atoms with Gasteiger partial charge in [-0.2, -0.15) is 0 Å². The number of hydrogen-bond donors (Lipinski definition) is 5. The summed E-state index contributed by atoms with van der Waals surface area (Å²) >= 11 is 0. The van der Waals surface area contributed by atoms with Crippen LogP contribution in [0.4, 0.5) is 10.5 Å². The van der Waals surface area contributed by atoms with Gasteiger partial charge in [-0.15, -0.1) is 0 Å². The van der Waals surface area contributed by atoms with E-state index in [2.05, 4.69) is 21.3 Å². The highest BCUT2D eigenvalue weighted by Crippen LogP contribution is 2.14. The molecule has 49 heavy (non-hydrogen) atoms. The topological polar surface area (TPSA) is 215 Å². The molecule has 2 atom stereocenters. The van der Waals surface area contributed by atoms with E-state index >= 15 is 0 Å². The summed E-state index contributed by atoms with van der Waals surface area (Å²) in [6, 6.07) is 12.5. The first-order chi connectivity index (χ1) is 23.4. The highest BCUT2D eigenvalue weighted by Gasteiger charge is 2.29. The van der Waals surface area contributed by atoms with E-state index in [1.807, 2.05) is 0 Å². The van der Waals surface area contributed by atoms with Gasteiger partial charge in [0.1, 0.15) is 18.7 Å². The van der Waals surface area contributed by atoms with Crippen molar-refractivity contribution in [3.8, 4) is 0 Å². The summed E-state index contributed by atoms with van der Waals surface area (Å²) in [5, 5.41) is 10.6. The monoisotopic (exact) mass is 678 g/mol. The van der Waals surface area contributed by atoms with Crippen LogP contribution in [-0.2, 0) is 40.1 Å². The highest BCUT2D eigenvalue weighted by atomic mass is 16.5. The second kappa shape index (κ2) is 19.3. The van der Waals surface area contributed by atoms with Crippen LogP contribution < -0.4 is 27.0 Å². The predicted molar refractivity (Wildman–Crippen MR) is 177 cm³/mol. The van der Waals surface area contributed by atoms with Crippen molar-refractivity contribution in [2.24, 2.45) is 11.7 Å². The maximum Gasteiger partial charge on any atom is 0.338 e. The fourth-order valence-electron chi connectivity index (χ4n) is 4.62. The molecule has 1 heterocycles. The van der Waals surface area contributed by atoms with E-state index in [0.29, 0.717) is 23.2 Å². The zero-order valence-corrected chi connectivity index (χ0v) is 27.4. The Morgan fingerprint density at radius 3 is 2.16 bits per heavy atom. The van der Waals surface area contributed by atoms with Gasteiger partial charge in [-0.1, -0.05) is 44.2 Å². The molecule has 1 aliphatic rings. The lowest BCUT2D eigenvalue weighted by Gasteiger charge is -2.25. The maximum absolute atomic E-state index is 13.3. The van der Waals surface area contributed by atoms with Crippen molar-refractivity contribution in [3.63, 3.8) is 0 Å². The number of rotatable bonds is 19. The fraction of sp³-hybridized carbons (Fsp3) is 0.382. The molecule has 15 heteroatoms. The van der Waals surface area contributed by atoms with Crippen LogP contribution in [0.15, 0.2) is 66.7 Å². The van der Waals surface area contributed by atoms with Crippen LogP contribution in [0.3, 0.4) is 0 Å². The molecule has 1 aliphatic heterocycles. The first kappa shape index (κ1) is 37.9. The lowest BCUT2D eigenvalue weighted by Crippen LogP contribution is -2.54. The zero-order chi connectivity index (χ0) is 35.8. The van der Waals surface area contributed by atoms with Gasteiger partial charge in [0, 0.05) is 30.8 Å². The van der Waals surface area contributed by atoms with E-state index in [-0.39, 0.29) is 51.7 Å². The zero-order valence-electron chi connectivity index (χ0n) is 27.4. The molecular formula is C34H42N6O9. The molecular weight excluding hydrogens is 636 g/mol. The molecule has 0 bridgehead atoms. The van der Waals surface area contributed by atoms with E-state index in [4.69, 9.17) is 15.2 Å². The Bertz CT molecular complexity index is 1490. The Labute approximate surface area is 283 Å². The number of amides is 7. The third kappa shape index (κ3) is 12.9. The van der Waals surface area contributed by atoms with E-state index in [9.17, 15) is 33.6 Å². The maximum atomic E-state index is 13.3. The van der Waals surface area contributed by atoms with E-state index in [1.165, 1.54) is 12.2 Å². The summed E-state index contributed by atoms with van der Waals surface area (Å²) in [4.78, 5) is 86.9. The lowest BCUT2D eigenvalue weighted by atomic mass is 10.0. The summed E-state index contributed by atoms with van der Waals surface area (Å²) in [7, 11) is 0. The molecule has 262 valence electrons. The number of hydrogen-bond acceptors (Lipinski definition) is 9. The van der Waals surface area contributed by atoms with Crippen molar-refractivity contribution >= 4 is 47.2 Å². The number of urea groups is 1. The van der Waals surface area contributed by atoms with Gasteiger partial charge in [0.2, 0.25) is 17.7 Å². The Morgan fingerprint density at radius 1 is 0.857 bits per heavy atom. The van der Waals surface area contributed by atoms with Gasteiger partial charge in [0.15, 0.2) is 0 Å². The molecule has 2 aromatic rings. The second-order valence-electron chi connectivity index (χ2n) is 11.4. The third-order valence-corrected chi connectivity index (χ3v) is 7.30. The predicted octanol–water partition coefficient (Wildman–Crippen LogP) is 1.39. The average Bonchev–Trinajstić information content (AvgIpc) is 3.40. The minimum Gasteiger partial charge on any atom is -0.457 e. The van der Waals surface area contributed by atoms with Crippen LogP contribution in [0.25, 0.3) is 0 Å². The Morgan fingerprint density at radius 2 is 1.53 bits per heavy atom. The number of anilines is 1. The van der Waals surface area contributed by atoms with Crippen molar-refractivity contribution in [1.29, 1.82) is 0 Å². The van der Waals surface area contributed by atoms with Crippen molar-refractivity contribution < 1.29 is 43.0 Å². The molecule has 2 aromatic carbocycles. The molecule has 3 rings (SSSR count). The Hall–Kier alpha value is -5.57. The standard InChI is InChI=1S/C34H42N6O9/c1-22(2)30(39-27(41)16-19-48-20-18-40-28(42)14-15-29(40)43)32(45)38-26(9-6-17-36-34(35)47)31(44)37-25-12-10-23(11-13-25)21-49-33(46)24-7-4-3-5-8-24/h3-5,7-8,10-15,22,26,30H,6,9,16-21H2,1-2H3,(H,37,44)(H,38,45)(H,39,41)(H3,35,36,47)/t26-,30-/m0/s1. The minimum absolute atomic E-state index is 0.00589. The van der Waals surface area contributed by atoms with Crippen molar-refractivity contribution in [2.75, 3.05) is 31.6 Å². The third-order valence-electron chi connectivity index (χ3n) is 7.30. The second-order valence-corrected chi connectivity index (χ2v) is 11.4. The van der Waals surface area contributed by atoms with Gasteiger partial charge < -0.3 is 36.5 Å². The van der Waals surface area contributed by atoms with Crippen LogP contribution in [0.1, 0.15) is 49.0 Å². The normalized spacial score (nSPS) is 13.5. The largest absolute Gasteiger partial charge is 0.457 e. The van der Waals surface area contributed by atoms with Crippen LogP contribution in [0.2, 0.25) is 0 Å². The number of carbonyl (C=O) groups is 7. The molecule has 0 unspecified atom stereocenters. The van der Waals surface area contributed by atoms with Gasteiger partial charge in [0.05, 0.1) is 25.3 Å². The molecule has 0 fully saturated rings. The number of primary amides is 1. The Kier molecular flexibility index (Phi) is 14.9. The molecule has 0 aliphatic carbocycles. The van der Waals surface area contributed by atoms with E-state index in [1.54, 1.807) is 68.4 Å². The molecule has 0 saturated heterocycles. The van der Waals surface area contributed by atoms with E-state index < -0.39 is 53.6 Å². The van der Waals surface area contributed by atoms with Gasteiger partial charge in [-0.05, 0) is 48.6 Å². The number of imide groups is 1. The summed E-state index contributed by atoms with van der Waals surface area (Å²) in [5.41, 5.74) is 6.69. The molecule has 7 amide bonds. The number of benzene rings is 2. The van der Waals surface area contributed by atoms with Crippen LogP contribution in [0.5, 0.6) is 0 Å². The molecule has 0 radical (unpaired) electrons. The minimum atomic E-state index is -1.03. The SMILES string of the molecule is CC(C)[C@H](NC(=O)CCOCCN1C(=O)C=CC1=O)C(=O)N[C@@H](CCCNC(N)=O)C(=O)Nc1ccc(COC(=O)c2ccccc2)cc1. The van der Waals surface area contributed by atoms with Crippen LogP contribution in [0, 0.1) is 5.92 Å². The van der Waals surface area contributed by atoms with E-state index in [0.717, 1.165) is 4.90 Å². The number of ether oxygens (including phenoxy) is 2. The van der Waals surface area contributed by atoms with Gasteiger partial charge in [-0.25, -0.2) is 9.59 Å². The first-order valence-electron chi connectivity index (χ1n) is 15.8. The first-order valence-corrected chi connectivity index (χ1v) is 15.8. The summed E-state index contributed by atoms with van der Waals surface area (Å²) in [6.07, 6.45) is 2.72. The molecule has 0 saturated carbocycles.